The van der Waals surface area contributed by atoms with E-state index in [1.807, 2.05) is 11.6 Å². The summed E-state index contributed by atoms with van der Waals surface area (Å²) in [4.78, 5) is 12.3. The predicted molar refractivity (Wildman–Crippen MR) is 95.9 cm³/mol. The highest BCUT2D eigenvalue weighted by atomic mass is 35.5. The fraction of sp³-hybridized carbons (Fsp3) is 0.765. The van der Waals surface area contributed by atoms with Crippen LogP contribution in [0.2, 0.25) is 0 Å². The first-order valence-electron chi connectivity index (χ1n) is 8.44. The number of amides is 1. The topological polar surface area (TPSA) is 72.9 Å². The molecule has 3 N–H and O–H groups in total. The highest BCUT2D eigenvalue weighted by molar-refractivity contribution is 5.85. The second-order valence-corrected chi connectivity index (χ2v) is 7.08. The maximum Gasteiger partial charge on any atom is 0.224 e. The van der Waals surface area contributed by atoms with Gasteiger partial charge in [0.1, 0.15) is 0 Å². The van der Waals surface area contributed by atoms with Crippen molar-refractivity contribution in [3.05, 3.63) is 17.0 Å². The van der Waals surface area contributed by atoms with Gasteiger partial charge in [0.05, 0.1) is 12.1 Å². The number of nitrogens with two attached hydrogens (primary N) is 1. The van der Waals surface area contributed by atoms with Gasteiger partial charge in [0, 0.05) is 29.9 Å². The van der Waals surface area contributed by atoms with E-state index < -0.39 is 0 Å². The van der Waals surface area contributed by atoms with E-state index in [1.165, 1.54) is 0 Å². The monoisotopic (exact) mass is 342 g/mol. The first-order chi connectivity index (χ1) is 10.4. The molecule has 6 heteroatoms. The molecule has 0 atom stereocenters. The Morgan fingerprint density at radius 2 is 1.91 bits per heavy atom. The molecule has 1 aromatic heterocycles. The number of carbonyl (C=O) groups is 1. The summed E-state index contributed by atoms with van der Waals surface area (Å²) >= 11 is 0. The van der Waals surface area contributed by atoms with Crippen molar-refractivity contribution in [2.45, 2.75) is 78.4 Å². The van der Waals surface area contributed by atoms with Gasteiger partial charge in [-0.15, -0.1) is 12.4 Å². The van der Waals surface area contributed by atoms with Gasteiger partial charge in [0.25, 0.3) is 0 Å². The van der Waals surface area contributed by atoms with E-state index in [0.29, 0.717) is 24.4 Å². The van der Waals surface area contributed by atoms with Crippen LogP contribution < -0.4 is 11.1 Å². The van der Waals surface area contributed by atoms with Crippen molar-refractivity contribution >= 4 is 18.3 Å². The Kier molecular flexibility index (Phi) is 7.55. The summed E-state index contributed by atoms with van der Waals surface area (Å²) in [5.74, 6) is 0.655. The smallest absolute Gasteiger partial charge is 0.224 e. The van der Waals surface area contributed by atoms with Gasteiger partial charge in [-0.05, 0) is 45.4 Å². The summed E-state index contributed by atoms with van der Waals surface area (Å²) in [6.45, 7) is 9.30. The Morgan fingerprint density at radius 1 is 1.30 bits per heavy atom. The molecule has 0 bridgehead atoms. The predicted octanol–water partition coefficient (Wildman–Crippen LogP) is 2.51. The molecule has 0 aliphatic heterocycles. The van der Waals surface area contributed by atoms with Gasteiger partial charge < -0.3 is 11.1 Å². The number of aromatic nitrogens is 2. The lowest BCUT2D eigenvalue weighted by molar-refractivity contribution is -0.121. The van der Waals surface area contributed by atoms with Crippen molar-refractivity contribution in [3.8, 4) is 0 Å². The van der Waals surface area contributed by atoms with Gasteiger partial charge in [0.2, 0.25) is 5.91 Å². The highest BCUT2D eigenvalue weighted by Gasteiger charge is 2.21. The quantitative estimate of drug-likeness (QED) is 0.863. The third-order valence-corrected chi connectivity index (χ3v) is 4.54. The molecular weight excluding hydrogens is 312 g/mol. The van der Waals surface area contributed by atoms with Crippen LogP contribution in [0.5, 0.6) is 0 Å². The van der Waals surface area contributed by atoms with Crippen molar-refractivity contribution in [2.75, 3.05) is 0 Å². The Labute approximate surface area is 145 Å². The number of hydrogen-bond donors (Lipinski definition) is 2. The molecule has 0 unspecified atom stereocenters. The maximum atomic E-state index is 12.3. The number of halogens is 1. The molecule has 1 fully saturated rings. The molecule has 1 aliphatic carbocycles. The van der Waals surface area contributed by atoms with E-state index in [9.17, 15) is 4.79 Å². The summed E-state index contributed by atoms with van der Waals surface area (Å²) in [5.41, 5.74) is 9.07. The molecule has 1 saturated carbocycles. The molecule has 2 rings (SSSR count). The molecule has 0 saturated heterocycles. The summed E-state index contributed by atoms with van der Waals surface area (Å²) in [6, 6.07) is 0.602. The van der Waals surface area contributed by atoms with Crippen LogP contribution in [0.3, 0.4) is 0 Å². The lowest BCUT2D eigenvalue weighted by atomic mass is 9.91. The second-order valence-electron chi connectivity index (χ2n) is 7.08. The van der Waals surface area contributed by atoms with E-state index in [4.69, 9.17) is 5.73 Å². The van der Waals surface area contributed by atoms with Crippen LogP contribution in [0.1, 0.15) is 56.5 Å². The highest BCUT2D eigenvalue weighted by Crippen LogP contribution is 2.18. The Hall–Kier alpha value is -1.07. The third kappa shape index (κ3) is 5.50. The van der Waals surface area contributed by atoms with E-state index in [1.54, 1.807) is 0 Å². The minimum absolute atomic E-state index is 0. The number of nitrogens with zero attached hydrogens (tertiary/aromatic N) is 2. The van der Waals surface area contributed by atoms with Crippen molar-refractivity contribution in [1.29, 1.82) is 0 Å². The molecule has 0 spiro atoms. The lowest BCUT2D eigenvalue weighted by Crippen LogP contribution is -2.41. The van der Waals surface area contributed by atoms with Gasteiger partial charge in [-0.3, -0.25) is 9.48 Å². The van der Waals surface area contributed by atoms with Crippen LogP contribution in [0.15, 0.2) is 0 Å². The standard InChI is InChI=1S/C17H30N4O.ClH/c1-11(2)10-21-13(4)16(12(3)20-21)9-17(22)19-15-7-5-14(18)6-8-15;/h11,14-15H,5-10,18H2,1-4H3,(H,19,22);1H. The first kappa shape index (κ1) is 20.0. The summed E-state index contributed by atoms with van der Waals surface area (Å²) in [6.07, 6.45) is 4.44. The summed E-state index contributed by atoms with van der Waals surface area (Å²) in [5, 5.41) is 7.74. The Bertz CT molecular complexity index is 519. The van der Waals surface area contributed by atoms with E-state index >= 15 is 0 Å². The number of hydrogen-bond acceptors (Lipinski definition) is 3. The summed E-state index contributed by atoms with van der Waals surface area (Å²) < 4.78 is 2.03. The van der Waals surface area contributed by atoms with Crippen molar-refractivity contribution in [3.63, 3.8) is 0 Å². The number of aryl methyl sites for hydroxylation is 1. The van der Waals surface area contributed by atoms with E-state index in [2.05, 4.69) is 31.2 Å². The number of carbonyl (C=O) groups excluding carboxylic acids is 1. The van der Waals surface area contributed by atoms with Gasteiger partial charge in [-0.1, -0.05) is 13.8 Å². The van der Waals surface area contributed by atoms with Crippen molar-refractivity contribution in [2.24, 2.45) is 11.7 Å². The molecule has 1 heterocycles. The van der Waals surface area contributed by atoms with Crippen molar-refractivity contribution < 1.29 is 4.79 Å². The zero-order valence-corrected chi connectivity index (χ0v) is 15.6. The normalized spacial score (nSPS) is 21.1. The average molecular weight is 343 g/mol. The van der Waals surface area contributed by atoms with Crippen LogP contribution in [0.4, 0.5) is 0 Å². The SMILES string of the molecule is Cc1nn(CC(C)C)c(C)c1CC(=O)NC1CCC(N)CC1.Cl. The van der Waals surface area contributed by atoms with Crippen molar-refractivity contribution in [1.82, 2.24) is 15.1 Å². The van der Waals surface area contributed by atoms with Gasteiger partial charge in [-0.25, -0.2) is 0 Å². The van der Waals surface area contributed by atoms with Gasteiger partial charge in [-0.2, -0.15) is 5.10 Å². The molecule has 5 nitrogen and oxygen atoms in total. The largest absolute Gasteiger partial charge is 0.353 e. The van der Waals surface area contributed by atoms with Crippen LogP contribution in [-0.4, -0.2) is 27.8 Å². The summed E-state index contributed by atoms with van der Waals surface area (Å²) in [7, 11) is 0. The third-order valence-electron chi connectivity index (χ3n) is 4.54. The zero-order chi connectivity index (χ0) is 16.3. The second kappa shape index (κ2) is 8.69. The molecular formula is C17H31ClN4O. The minimum Gasteiger partial charge on any atom is -0.353 e. The fourth-order valence-electron chi connectivity index (χ4n) is 3.22. The molecule has 0 radical (unpaired) electrons. The van der Waals surface area contributed by atoms with Gasteiger partial charge >= 0.3 is 0 Å². The van der Waals surface area contributed by atoms with E-state index in [0.717, 1.165) is 49.2 Å². The molecule has 1 aromatic rings. The minimum atomic E-state index is 0. The van der Waals surface area contributed by atoms with Crippen LogP contribution in [-0.2, 0) is 17.8 Å². The maximum absolute atomic E-state index is 12.3. The fourth-order valence-corrected chi connectivity index (χ4v) is 3.22. The van der Waals surface area contributed by atoms with E-state index in [-0.39, 0.29) is 18.3 Å². The molecule has 23 heavy (non-hydrogen) atoms. The Balaban J connectivity index is 0.00000264. The lowest BCUT2D eigenvalue weighted by Gasteiger charge is -2.26. The van der Waals surface area contributed by atoms with Gasteiger partial charge in [0.15, 0.2) is 0 Å². The molecule has 132 valence electrons. The first-order valence-corrected chi connectivity index (χ1v) is 8.44. The number of rotatable bonds is 5. The molecule has 1 aliphatic rings. The molecule has 0 aromatic carbocycles. The average Bonchev–Trinajstić information content (AvgIpc) is 2.68. The number of nitrogens with one attached hydrogen (secondary N) is 1. The van der Waals surface area contributed by atoms with Crippen LogP contribution in [0, 0.1) is 19.8 Å². The zero-order valence-electron chi connectivity index (χ0n) is 14.8. The Morgan fingerprint density at radius 3 is 2.48 bits per heavy atom. The van der Waals surface area contributed by atoms with Crippen LogP contribution >= 0.6 is 12.4 Å². The van der Waals surface area contributed by atoms with Crippen LogP contribution in [0.25, 0.3) is 0 Å². The molecule has 1 amide bonds.